The summed E-state index contributed by atoms with van der Waals surface area (Å²) >= 11 is 0. The van der Waals surface area contributed by atoms with Crippen molar-refractivity contribution in [1.82, 2.24) is 15.3 Å². The summed E-state index contributed by atoms with van der Waals surface area (Å²) in [6.07, 6.45) is 2.09. The Labute approximate surface area is 137 Å². The average Bonchev–Trinajstić information content (AvgIpc) is 2.37. The molecule has 2 N–H and O–H groups in total. The van der Waals surface area contributed by atoms with Gasteiger partial charge in [-0.3, -0.25) is 5.32 Å². The fraction of sp³-hybridized carbons (Fsp3) is 0.389. The van der Waals surface area contributed by atoms with E-state index in [9.17, 15) is 0 Å². The first kappa shape index (κ1) is 15.5. The number of hydrogen-bond donors (Lipinski definition) is 2. The highest BCUT2D eigenvalue weighted by Crippen LogP contribution is 2.23. The first-order chi connectivity index (χ1) is 10.7. The third-order valence-electron chi connectivity index (χ3n) is 3.84. The molecule has 2 heterocycles. The van der Waals surface area contributed by atoms with Gasteiger partial charge in [-0.25, -0.2) is 15.0 Å². The van der Waals surface area contributed by atoms with Gasteiger partial charge >= 0.3 is 0 Å². The number of guanidine groups is 1. The molecule has 0 unspecified atom stereocenters. The van der Waals surface area contributed by atoms with E-state index in [0.717, 1.165) is 27.9 Å². The fourth-order valence-electron chi connectivity index (χ4n) is 3.06. The Balaban J connectivity index is 2.00. The van der Waals surface area contributed by atoms with Crippen molar-refractivity contribution in [3.63, 3.8) is 0 Å². The molecule has 120 valence electrons. The van der Waals surface area contributed by atoms with Gasteiger partial charge in [-0.15, -0.1) is 0 Å². The van der Waals surface area contributed by atoms with Crippen LogP contribution in [-0.4, -0.2) is 21.5 Å². The smallest absolute Gasteiger partial charge is 0.230 e. The van der Waals surface area contributed by atoms with Crippen molar-refractivity contribution in [2.45, 2.75) is 47.1 Å². The van der Waals surface area contributed by atoms with Crippen LogP contribution < -0.4 is 10.6 Å². The molecule has 2 aromatic rings. The maximum absolute atomic E-state index is 4.68. The van der Waals surface area contributed by atoms with Crippen molar-refractivity contribution < 1.29 is 0 Å². The molecule has 0 spiro atoms. The van der Waals surface area contributed by atoms with Crippen LogP contribution in [0.15, 0.2) is 28.9 Å². The van der Waals surface area contributed by atoms with Gasteiger partial charge in [0.05, 0.1) is 16.7 Å². The molecule has 5 heteroatoms. The van der Waals surface area contributed by atoms with Crippen LogP contribution in [0.2, 0.25) is 0 Å². The van der Waals surface area contributed by atoms with E-state index in [4.69, 9.17) is 0 Å². The average molecular weight is 309 g/mol. The number of nitrogens with one attached hydrogen (secondary N) is 2. The van der Waals surface area contributed by atoms with Crippen molar-refractivity contribution in [3.8, 4) is 0 Å². The highest BCUT2D eigenvalue weighted by atomic mass is 15.3. The maximum atomic E-state index is 4.68. The molecule has 0 saturated carbocycles. The van der Waals surface area contributed by atoms with Gasteiger partial charge < -0.3 is 5.32 Å². The predicted octanol–water partition coefficient (Wildman–Crippen LogP) is 3.61. The van der Waals surface area contributed by atoms with E-state index in [1.807, 2.05) is 13.8 Å². The number of aliphatic imine (C=N–C) groups is 1. The normalized spacial score (nSPS) is 16.6. The molecule has 0 atom stereocenters. The third-order valence-corrected chi connectivity index (χ3v) is 3.84. The number of aryl methyl sites for hydroxylation is 3. The lowest BCUT2D eigenvalue weighted by atomic mass is 10.0. The van der Waals surface area contributed by atoms with Crippen LogP contribution in [0.3, 0.4) is 0 Å². The zero-order valence-electron chi connectivity index (χ0n) is 14.6. The van der Waals surface area contributed by atoms with Crippen LogP contribution in [0.25, 0.3) is 10.9 Å². The van der Waals surface area contributed by atoms with Crippen LogP contribution >= 0.6 is 0 Å². The lowest BCUT2D eigenvalue weighted by Crippen LogP contribution is -2.38. The molecule has 1 aliphatic heterocycles. The second-order valence-electron chi connectivity index (χ2n) is 6.80. The predicted molar refractivity (Wildman–Crippen MR) is 95.8 cm³/mol. The Morgan fingerprint density at radius 3 is 2.48 bits per heavy atom. The number of allylic oxidation sites excluding steroid dienone is 1. The van der Waals surface area contributed by atoms with Crippen molar-refractivity contribution in [1.29, 1.82) is 0 Å². The largest absolute Gasteiger partial charge is 0.330 e. The molecule has 1 aromatic carbocycles. The number of anilines is 1. The third kappa shape index (κ3) is 3.18. The van der Waals surface area contributed by atoms with E-state index >= 15 is 0 Å². The number of hydrogen-bond acceptors (Lipinski definition) is 5. The minimum atomic E-state index is -0.239. The van der Waals surface area contributed by atoms with Gasteiger partial charge in [0, 0.05) is 11.1 Å². The molecule has 0 bridgehead atoms. The first-order valence-electron chi connectivity index (χ1n) is 7.82. The molecule has 5 nitrogen and oxygen atoms in total. The van der Waals surface area contributed by atoms with Crippen LogP contribution in [-0.2, 0) is 0 Å². The van der Waals surface area contributed by atoms with E-state index in [-0.39, 0.29) is 5.54 Å². The van der Waals surface area contributed by atoms with Crippen LogP contribution in [0.5, 0.6) is 0 Å². The monoisotopic (exact) mass is 309 g/mol. The Morgan fingerprint density at radius 1 is 1.04 bits per heavy atom. The second kappa shape index (κ2) is 5.33. The maximum Gasteiger partial charge on any atom is 0.230 e. The molecule has 1 aliphatic rings. The van der Waals surface area contributed by atoms with E-state index < -0.39 is 0 Å². The molecular formula is C18H23N5. The van der Waals surface area contributed by atoms with Crippen LogP contribution in [0, 0.1) is 20.8 Å². The summed E-state index contributed by atoms with van der Waals surface area (Å²) < 4.78 is 0. The fourth-order valence-corrected chi connectivity index (χ4v) is 3.06. The van der Waals surface area contributed by atoms with Gasteiger partial charge in [-0.05, 0) is 59.2 Å². The second-order valence-corrected chi connectivity index (χ2v) is 6.80. The van der Waals surface area contributed by atoms with Gasteiger partial charge in [0.1, 0.15) is 0 Å². The molecule has 23 heavy (non-hydrogen) atoms. The molecule has 0 amide bonds. The molecule has 1 aromatic heterocycles. The number of rotatable bonds is 1. The van der Waals surface area contributed by atoms with E-state index in [0.29, 0.717) is 11.9 Å². The van der Waals surface area contributed by atoms with E-state index in [1.165, 1.54) is 5.56 Å². The Bertz CT molecular complexity index is 846. The molecule has 0 radical (unpaired) electrons. The van der Waals surface area contributed by atoms with Gasteiger partial charge in [0.15, 0.2) is 0 Å². The Hall–Kier alpha value is -2.43. The topological polar surface area (TPSA) is 62.2 Å². The summed E-state index contributed by atoms with van der Waals surface area (Å²) in [7, 11) is 0. The molecule has 0 aliphatic carbocycles. The Morgan fingerprint density at radius 2 is 1.78 bits per heavy atom. The quantitative estimate of drug-likeness (QED) is 0.845. The van der Waals surface area contributed by atoms with Crippen molar-refractivity contribution in [3.05, 3.63) is 40.7 Å². The minimum Gasteiger partial charge on any atom is -0.330 e. The van der Waals surface area contributed by atoms with Gasteiger partial charge in [0.2, 0.25) is 11.9 Å². The highest BCUT2D eigenvalue weighted by molar-refractivity contribution is 5.95. The number of nitrogens with zero attached hydrogens (tertiary/aromatic N) is 3. The summed E-state index contributed by atoms with van der Waals surface area (Å²) in [5.41, 5.74) is 5.15. The van der Waals surface area contributed by atoms with Crippen LogP contribution in [0.1, 0.15) is 37.6 Å². The zero-order chi connectivity index (χ0) is 16.8. The Kier molecular flexibility index (Phi) is 3.59. The number of benzene rings is 1. The molecule has 3 rings (SSSR count). The number of fused-ring (bicyclic) bond motifs is 1. The van der Waals surface area contributed by atoms with Crippen molar-refractivity contribution in [2.75, 3.05) is 5.32 Å². The zero-order valence-corrected chi connectivity index (χ0v) is 14.6. The standard InChI is InChI=1S/C18H23N5/c1-10-7-11(2)15-14(8-10)13(4)20-16(21-15)22-17-19-12(3)9-18(5,6)23-17/h7-9H,1-6H3,(H2,19,20,21,22,23). The van der Waals surface area contributed by atoms with E-state index in [2.05, 4.69) is 71.5 Å². The first-order valence-corrected chi connectivity index (χ1v) is 7.82. The van der Waals surface area contributed by atoms with Crippen LogP contribution in [0.4, 0.5) is 5.95 Å². The SMILES string of the molecule is CC1=CC(C)(C)N=C(Nc2nc(C)c3cc(C)cc(C)c3n2)N1. The lowest BCUT2D eigenvalue weighted by Gasteiger charge is -2.25. The highest BCUT2D eigenvalue weighted by Gasteiger charge is 2.20. The van der Waals surface area contributed by atoms with Gasteiger partial charge in [0.25, 0.3) is 0 Å². The summed E-state index contributed by atoms with van der Waals surface area (Å²) in [5.74, 6) is 1.25. The summed E-state index contributed by atoms with van der Waals surface area (Å²) in [6.45, 7) is 12.3. The summed E-state index contributed by atoms with van der Waals surface area (Å²) in [5, 5.41) is 7.55. The molecule has 0 saturated heterocycles. The van der Waals surface area contributed by atoms with Crippen molar-refractivity contribution >= 4 is 22.8 Å². The molecular weight excluding hydrogens is 286 g/mol. The van der Waals surface area contributed by atoms with Crippen molar-refractivity contribution in [2.24, 2.45) is 4.99 Å². The lowest BCUT2D eigenvalue weighted by molar-refractivity contribution is 0.631. The minimum absolute atomic E-state index is 0.239. The van der Waals surface area contributed by atoms with Gasteiger partial charge in [-0.2, -0.15) is 0 Å². The number of aromatic nitrogens is 2. The van der Waals surface area contributed by atoms with E-state index in [1.54, 1.807) is 0 Å². The van der Waals surface area contributed by atoms with Gasteiger partial charge in [-0.1, -0.05) is 11.6 Å². The molecule has 0 fully saturated rings. The summed E-state index contributed by atoms with van der Waals surface area (Å²) in [6, 6.07) is 4.28. The summed E-state index contributed by atoms with van der Waals surface area (Å²) in [4.78, 5) is 13.9.